The van der Waals surface area contributed by atoms with E-state index in [1.165, 1.54) is 28.1 Å². The monoisotopic (exact) mass is 381 g/mol. The summed E-state index contributed by atoms with van der Waals surface area (Å²) in [5, 5.41) is 0. The molecule has 3 rings (SSSR count). The standard InChI is InChI=1S/C25H35NO2/c1-15(2)24-13-22(20(7)28-24)10-17(4)25-12-21(14-27-25)9-16(3)23-11-18(5)26(8)19(23)6/h11-17H,9-10H2,1-8H3. The molecule has 0 N–H and O–H groups in total. The number of rotatable bonds is 7. The predicted molar refractivity (Wildman–Crippen MR) is 115 cm³/mol. The Morgan fingerprint density at radius 1 is 0.893 bits per heavy atom. The fourth-order valence-electron chi connectivity index (χ4n) is 4.07. The van der Waals surface area contributed by atoms with E-state index in [0.717, 1.165) is 30.1 Å². The first-order chi connectivity index (χ1) is 13.2. The molecule has 3 aromatic heterocycles. The number of hydrogen-bond acceptors (Lipinski definition) is 2. The zero-order valence-corrected chi connectivity index (χ0v) is 18.7. The van der Waals surface area contributed by atoms with Gasteiger partial charge in [0.25, 0.3) is 0 Å². The van der Waals surface area contributed by atoms with Crippen LogP contribution in [0, 0.1) is 20.8 Å². The van der Waals surface area contributed by atoms with E-state index in [4.69, 9.17) is 8.83 Å². The number of furan rings is 2. The third-order valence-corrected chi connectivity index (χ3v) is 6.18. The maximum Gasteiger partial charge on any atom is 0.107 e. The average molecular weight is 382 g/mol. The topological polar surface area (TPSA) is 31.2 Å². The molecule has 0 radical (unpaired) electrons. The lowest BCUT2D eigenvalue weighted by Crippen LogP contribution is -2.01. The van der Waals surface area contributed by atoms with Crippen molar-refractivity contribution in [2.24, 2.45) is 7.05 Å². The summed E-state index contributed by atoms with van der Waals surface area (Å²) in [6, 6.07) is 6.77. The third kappa shape index (κ3) is 4.14. The van der Waals surface area contributed by atoms with Crippen LogP contribution in [0.2, 0.25) is 0 Å². The van der Waals surface area contributed by atoms with Gasteiger partial charge >= 0.3 is 0 Å². The van der Waals surface area contributed by atoms with Gasteiger partial charge in [0.15, 0.2) is 0 Å². The van der Waals surface area contributed by atoms with Crippen LogP contribution in [0.25, 0.3) is 0 Å². The van der Waals surface area contributed by atoms with Crippen LogP contribution in [0.4, 0.5) is 0 Å². The smallest absolute Gasteiger partial charge is 0.107 e. The maximum atomic E-state index is 5.95. The van der Waals surface area contributed by atoms with Crippen LogP contribution in [-0.2, 0) is 19.9 Å². The second-order valence-corrected chi connectivity index (χ2v) is 8.84. The van der Waals surface area contributed by atoms with Crippen molar-refractivity contribution in [1.29, 1.82) is 0 Å². The first kappa shape index (κ1) is 20.6. The second-order valence-electron chi connectivity index (χ2n) is 8.84. The molecule has 0 saturated carbocycles. The molecule has 0 aromatic carbocycles. The average Bonchev–Trinajstić information content (AvgIpc) is 3.31. The first-order valence-corrected chi connectivity index (χ1v) is 10.5. The largest absolute Gasteiger partial charge is 0.469 e. The van der Waals surface area contributed by atoms with Gasteiger partial charge in [0.05, 0.1) is 6.26 Å². The van der Waals surface area contributed by atoms with Crippen molar-refractivity contribution in [3.8, 4) is 0 Å². The van der Waals surface area contributed by atoms with Gasteiger partial charge in [-0.15, -0.1) is 0 Å². The van der Waals surface area contributed by atoms with E-state index in [2.05, 4.69) is 78.3 Å². The molecule has 0 aliphatic rings. The van der Waals surface area contributed by atoms with Crippen molar-refractivity contribution in [1.82, 2.24) is 4.57 Å². The summed E-state index contributed by atoms with van der Waals surface area (Å²) >= 11 is 0. The third-order valence-electron chi connectivity index (χ3n) is 6.18. The lowest BCUT2D eigenvalue weighted by atomic mass is 9.93. The highest BCUT2D eigenvalue weighted by atomic mass is 16.3. The van der Waals surface area contributed by atoms with Crippen molar-refractivity contribution in [3.05, 3.63) is 69.8 Å². The van der Waals surface area contributed by atoms with Crippen molar-refractivity contribution >= 4 is 0 Å². The molecular weight excluding hydrogens is 346 g/mol. The van der Waals surface area contributed by atoms with Gasteiger partial charge in [-0.1, -0.05) is 27.7 Å². The van der Waals surface area contributed by atoms with E-state index in [1.54, 1.807) is 0 Å². The van der Waals surface area contributed by atoms with Gasteiger partial charge < -0.3 is 13.4 Å². The molecule has 0 aliphatic carbocycles. The van der Waals surface area contributed by atoms with E-state index in [-0.39, 0.29) is 0 Å². The van der Waals surface area contributed by atoms with Gasteiger partial charge in [0, 0.05) is 30.3 Å². The lowest BCUT2D eigenvalue weighted by molar-refractivity contribution is 0.454. The normalized spacial score (nSPS) is 14.0. The molecule has 0 spiro atoms. The molecule has 0 aliphatic heterocycles. The highest BCUT2D eigenvalue weighted by molar-refractivity contribution is 5.32. The molecule has 3 heteroatoms. The van der Waals surface area contributed by atoms with Gasteiger partial charge in [-0.3, -0.25) is 0 Å². The number of nitrogens with zero attached hydrogens (tertiary/aromatic N) is 1. The Morgan fingerprint density at radius 3 is 2.18 bits per heavy atom. The first-order valence-electron chi connectivity index (χ1n) is 10.5. The Morgan fingerprint density at radius 2 is 1.61 bits per heavy atom. The zero-order chi connectivity index (χ0) is 20.6. The van der Waals surface area contributed by atoms with Crippen LogP contribution in [0.1, 0.15) is 90.8 Å². The van der Waals surface area contributed by atoms with Crippen LogP contribution in [0.3, 0.4) is 0 Å². The van der Waals surface area contributed by atoms with Crippen LogP contribution in [0.5, 0.6) is 0 Å². The molecule has 3 aromatic rings. The van der Waals surface area contributed by atoms with Gasteiger partial charge in [0.1, 0.15) is 17.3 Å². The Hall–Kier alpha value is -2.16. The van der Waals surface area contributed by atoms with Gasteiger partial charge in [0.2, 0.25) is 0 Å². The molecule has 0 saturated heterocycles. The molecule has 152 valence electrons. The molecule has 28 heavy (non-hydrogen) atoms. The van der Waals surface area contributed by atoms with Gasteiger partial charge in [-0.2, -0.15) is 0 Å². The highest BCUT2D eigenvalue weighted by Crippen LogP contribution is 2.30. The Balaban J connectivity index is 1.68. The summed E-state index contributed by atoms with van der Waals surface area (Å²) in [6.45, 7) is 15.3. The Kier molecular flexibility index (Phi) is 5.92. The molecule has 3 heterocycles. The molecule has 0 bridgehead atoms. The van der Waals surface area contributed by atoms with Crippen LogP contribution in [-0.4, -0.2) is 4.57 Å². The Bertz CT molecular complexity index is 938. The fraction of sp³-hybridized carbons (Fsp3) is 0.520. The van der Waals surface area contributed by atoms with E-state index < -0.39 is 0 Å². The highest BCUT2D eigenvalue weighted by Gasteiger charge is 2.19. The molecule has 0 fully saturated rings. The minimum atomic E-state index is 0.334. The van der Waals surface area contributed by atoms with E-state index in [0.29, 0.717) is 17.8 Å². The van der Waals surface area contributed by atoms with E-state index in [1.807, 2.05) is 6.26 Å². The fourth-order valence-corrected chi connectivity index (χ4v) is 4.07. The van der Waals surface area contributed by atoms with Gasteiger partial charge in [-0.05, 0) is 74.4 Å². The summed E-state index contributed by atoms with van der Waals surface area (Å²) in [5.74, 6) is 4.40. The quantitative estimate of drug-likeness (QED) is 0.443. The maximum absolute atomic E-state index is 5.95. The van der Waals surface area contributed by atoms with Crippen molar-refractivity contribution < 1.29 is 8.83 Å². The SMILES string of the molecule is Cc1oc(C(C)C)cc1CC(C)c1cc(CC(C)c2cc(C)n(C)c2C)co1. The minimum absolute atomic E-state index is 0.334. The summed E-state index contributed by atoms with van der Waals surface area (Å²) < 4.78 is 14.1. The number of hydrogen-bond donors (Lipinski definition) is 0. The summed E-state index contributed by atoms with van der Waals surface area (Å²) in [7, 11) is 2.14. The number of aromatic nitrogens is 1. The molecule has 2 unspecified atom stereocenters. The van der Waals surface area contributed by atoms with Crippen LogP contribution in [0.15, 0.2) is 33.3 Å². The summed E-state index contributed by atoms with van der Waals surface area (Å²) in [6.07, 6.45) is 3.89. The predicted octanol–water partition coefficient (Wildman–Crippen LogP) is 6.95. The minimum Gasteiger partial charge on any atom is -0.469 e. The Labute approximate surface area is 169 Å². The van der Waals surface area contributed by atoms with Crippen molar-refractivity contribution in [3.63, 3.8) is 0 Å². The lowest BCUT2D eigenvalue weighted by Gasteiger charge is -2.11. The van der Waals surface area contributed by atoms with Gasteiger partial charge in [-0.25, -0.2) is 0 Å². The van der Waals surface area contributed by atoms with Crippen LogP contribution >= 0.6 is 0 Å². The zero-order valence-electron chi connectivity index (χ0n) is 18.7. The van der Waals surface area contributed by atoms with Crippen LogP contribution < -0.4 is 0 Å². The van der Waals surface area contributed by atoms with Crippen molar-refractivity contribution in [2.75, 3.05) is 0 Å². The molecule has 3 nitrogen and oxygen atoms in total. The molecular formula is C25H35NO2. The summed E-state index contributed by atoms with van der Waals surface area (Å²) in [4.78, 5) is 0. The van der Waals surface area contributed by atoms with Crippen molar-refractivity contribution in [2.45, 2.75) is 79.1 Å². The van der Waals surface area contributed by atoms with E-state index in [9.17, 15) is 0 Å². The number of aryl methyl sites for hydroxylation is 2. The molecule has 2 atom stereocenters. The van der Waals surface area contributed by atoms with E-state index >= 15 is 0 Å². The summed E-state index contributed by atoms with van der Waals surface area (Å²) in [5.41, 5.74) is 6.68. The molecule has 0 amide bonds. The second kappa shape index (κ2) is 8.06.